The first-order valence-electron chi connectivity index (χ1n) is 10.1. The zero-order valence-corrected chi connectivity index (χ0v) is 18.0. The number of halogens is 5. The van der Waals surface area contributed by atoms with Crippen molar-refractivity contribution < 1.29 is 31.2 Å². The summed E-state index contributed by atoms with van der Waals surface area (Å²) in [7, 11) is 1.61. The Morgan fingerprint density at radius 3 is 2.48 bits per heavy atom. The molecular weight excluding hydrogens is 445 g/mol. The maximum atomic E-state index is 14.2. The van der Waals surface area contributed by atoms with E-state index in [4.69, 9.17) is 4.42 Å². The SMILES string of the molecule is CCN(C)C(=O)c1coc(CN(Cc2cccc(C(F)(F)F)c2)Cc2ccc(F)cc2F)n1. The number of oxazole rings is 1. The third kappa shape index (κ3) is 6.38. The summed E-state index contributed by atoms with van der Waals surface area (Å²) in [5, 5.41) is 0. The van der Waals surface area contributed by atoms with Crippen LogP contribution in [0.15, 0.2) is 53.1 Å². The fourth-order valence-electron chi connectivity index (χ4n) is 3.17. The molecule has 176 valence electrons. The minimum atomic E-state index is -4.51. The van der Waals surface area contributed by atoms with Crippen LogP contribution in [-0.4, -0.2) is 34.3 Å². The van der Waals surface area contributed by atoms with Crippen LogP contribution < -0.4 is 0 Å². The topological polar surface area (TPSA) is 49.6 Å². The third-order valence-electron chi connectivity index (χ3n) is 5.02. The summed E-state index contributed by atoms with van der Waals surface area (Å²) >= 11 is 0. The Bertz CT molecular complexity index is 1110. The normalized spacial score (nSPS) is 11.8. The molecular formula is C23H22F5N3O2. The molecule has 0 aliphatic carbocycles. The number of amides is 1. The second-order valence-corrected chi connectivity index (χ2v) is 7.52. The van der Waals surface area contributed by atoms with E-state index in [1.807, 2.05) is 0 Å². The predicted octanol–water partition coefficient (Wildman–Crippen LogP) is 5.27. The lowest BCUT2D eigenvalue weighted by Crippen LogP contribution is -2.27. The number of aromatic nitrogens is 1. The number of carbonyl (C=O) groups is 1. The monoisotopic (exact) mass is 467 g/mol. The average molecular weight is 467 g/mol. The van der Waals surface area contributed by atoms with Gasteiger partial charge in [0.15, 0.2) is 5.69 Å². The van der Waals surface area contributed by atoms with E-state index in [-0.39, 0.29) is 42.7 Å². The number of hydrogen-bond acceptors (Lipinski definition) is 4. The van der Waals surface area contributed by atoms with E-state index < -0.39 is 23.4 Å². The Labute approximate surface area is 187 Å². The van der Waals surface area contributed by atoms with Gasteiger partial charge in [-0.15, -0.1) is 0 Å². The van der Waals surface area contributed by atoms with Crippen molar-refractivity contribution in [3.05, 3.63) is 88.6 Å². The molecule has 1 aromatic heterocycles. The van der Waals surface area contributed by atoms with Crippen molar-refractivity contribution >= 4 is 5.91 Å². The molecule has 0 radical (unpaired) electrons. The van der Waals surface area contributed by atoms with Gasteiger partial charge in [-0.3, -0.25) is 9.69 Å². The van der Waals surface area contributed by atoms with Gasteiger partial charge in [0, 0.05) is 38.3 Å². The number of alkyl halides is 3. The first-order valence-corrected chi connectivity index (χ1v) is 10.1. The molecule has 10 heteroatoms. The second-order valence-electron chi connectivity index (χ2n) is 7.52. The molecule has 0 N–H and O–H groups in total. The molecule has 0 saturated carbocycles. The van der Waals surface area contributed by atoms with Crippen LogP contribution in [0.1, 0.15) is 40.0 Å². The Morgan fingerprint density at radius 1 is 1.06 bits per heavy atom. The Balaban J connectivity index is 1.86. The van der Waals surface area contributed by atoms with Crippen LogP contribution in [0.3, 0.4) is 0 Å². The maximum absolute atomic E-state index is 14.2. The van der Waals surface area contributed by atoms with E-state index in [0.717, 1.165) is 24.3 Å². The van der Waals surface area contributed by atoms with Crippen molar-refractivity contribution in [3.63, 3.8) is 0 Å². The van der Waals surface area contributed by atoms with Crippen molar-refractivity contribution in [1.29, 1.82) is 0 Å². The van der Waals surface area contributed by atoms with Crippen LogP contribution in [-0.2, 0) is 25.8 Å². The third-order valence-corrected chi connectivity index (χ3v) is 5.02. The van der Waals surface area contributed by atoms with Crippen LogP contribution in [0.4, 0.5) is 22.0 Å². The average Bonchev–Trinajstić information content (AvgIpc) is 3.22. The number of rotatable bonds is 8. The number of benzene rings is 2. The summed E-state index contributed by atoms with van der Waals surface area (Å²) < 4.78 is 72.2. The van der Waals surface area contributed by atoms with E-state index in [0.29, 0.717) is 12.1 Å². The van der Waals surface area contributed by atoms with Crippen molar-refractivity contribution in [1.82, 2.24) is 14.8 Å². The minimum absolute atomic E-state index is 0.00125. The number of hydrogen-bond donors (Lipinski definition) is 0. The molecule has 0 saturated heterocycles. The molecule has 0 fully saturated rings. The van der Waals surface area contributed by atoms with E-state index in [1.54, 1.807) is 18.9 Å². The van der Waals surface area contributed by atoms with Gasteiger partial charge in [0.2, 0.25) is 5.89 Å². The summed E-state index contributed by atoms with van der Waals surface area (Å²) in [5.74, 6) is -1.73. The number of nitrogens with zero attached hydrogens (tertiary/aromatic N) is 3. The highest BCUT2D eigenvalue weighted by Gasteiger charge is 2.30. The lowest BCUT2D eigenvalue weighted by molar-refractivity contribution is -0.137. The van der Waals surface area contributed by atoms with Crippen LogP contribution in [0.5, 0.6) is 0 Å². The van der Waals surface area contributed by atoms with Crippen LogP contribution in [0.2, 0.25) is 0 Å². The van der Waals surface area contributed by atoms with Crippen molar-refractivity contribution in [3.8, 4) is 0 Å². The van der Waals surface area contributed by atoms with Gasteiger partial charge in [-0.1, -0.05) is 24.3 Å². The summed E-state index contributed by atoms with van der Waals surface area (Å²) in [5.41, 5.74) is -0.237. The quantitative estimate of drug-likeness (QED) is 0.424. The highest BCUT2D eigenvalue weighted by Crippen LogP contribution is 2.30. The van der Waals surface area contributed by atoms with E-state index in [9.17, 15) is 26.7 Å². The van der Waals surface area contributed by atoms with Gasteiger partial charge in [0.05, 0.1) is 12.1 Å². The maximum Gasteiger partial charge on any atom is 0.416 e. The Hall–Kier alpha value is -3.27. The molecule has 2 aromatic carbocycles. The van der Waals surface area contributed by atoms with Crippen molar-refractivity contribution in [2.24, 2.45) is 0 Å². The molecule has 3 aromatic rings. The number of carbonyl (C=O) groups excluding carboxylic acids is 1. The van der Waals surface area contributed by atoms with Gasteiger partial charge in [-0.05, 0) is 24.6 Å². The molecule has 0 aliphatic rings. The molecule has 1 amide bonds. The van der Waals surface area contributed by atoms with E-state index in [2.05, 4.69) is 4.98 Å². The summed E-state index contributed by atoms with van der Waals surface area (Å²) in [6, 6.07) is 7.88. The second kappa shape index (κ2) is 10.1. The summed E-state index contributed by atoms with van der Waals surface area (Å²) in [4.78, 5) is 19.5. The molecule has 1 heterocycles. The zero-order valence-electron chi connectivity index (χ0n) is 18.0. The fraction of sp³-hybridized carbons (Fsp3) is 0.304. The van der Waals surface area contributed by atoms with Gasteiger partial charge in [0.25, 0.3) is 5.91 Å². The Morgan fingerprint density at radius 2 is 1.82 bits per heavy atom. The van der Waals surface area contributed by atoms with Gasteiger partial charge in [-0.2, -0.15) is 13.2 Å². The largest absolute Gasteiger partial charge is 0.447 e. The van der Waals surface area contributed by atoms with Crippen LogP contribution in [0, 0.1) is 11.6 Å². The standard InChI is InChI=1S/C23H22F5N3O2/c1-3-30(2)22(32)20-14-33-21(29-20)13-31(12-16-7-8-18(24)10-19(16)25)11-15-5-4-6-17(9-15)23(26,27)28/h4-10,14H,3,11-13H2,1-2H3. The van der Waals surface area contributed by atoms with Crippen molar-refractivity contribution in [2.75, 3.05) is 13.6 Å². The van der Waals surface area contributed by atoms with E-state index >= 15 is 0 Å². The highest BCUT2D eigenvalue weighted by molar-refractivity contribution is 5.91. The molecule has 5 nitrogen and oxygen atoms in total. The predicted molar refractivity (Wildman–Crippen MR) is 110 cm³/mol. The Kier molecular flexibility index (Phi) is 7.47. The smallest absolute Gasteiger partial charge is 0.416 e. The molecule has 0 spiro atoms. The highest BCUT2D eigenvalue weighted by atomic mass is 19.4. The first kappa shape index (κ1) is 24.4. The van der Waals surface area contributed by atoms with Gasteiger partial charge in [0.1, 0.15) is 17.9 Å². The lowest BCUT2D eigenvalue weighted by atomic mass is 10.1. The molecule has 33 heavy (non-hydrogen) atoms. The minimum Gasteiger partial charge on any atom is -0.447 e. The van der Waals surface area contributed by atoms with E-state index in [1.165, 1.54) is 29.4 Å². The van der Waals surface area contributed by atoms with Crippen LogP contribution in [0.25, 0.3) is 0 Å². The van der Waals surface area contributed by atoms with Crippen molar-refractivity contribution in [2.45, 2.75) is 32.7 Å². The first-order chi connectivity index (χ1) is 15.6. The summed E-state index contributed by atoms with van der Waals surface area (Å²) in [6.45, 7) is 2.19. The summed E-state index contributed by atoms with van der Waals surface area (Å²) in [6.07, 6.45) is -3.31. The molecule has 0 unspecified atom stereocenters. The van der Waals surface area contributed by atoms with Gasteiger partial charge < -0.3 is 9.32 Å². The lowest BCUT2D eigenvalue weighted by Gasteiger charge is -2.22. The van der Waals surface area contributed by atoms with Crippen LogP contribution >= 0.6 is 0 Å². The van der Waals surface area contributed by atoms with Gasteiger partial charge in [-0.25, -0.2) is 13.8 Å². The fourth-order valence-corrected chi connectivity index (χ4v) is 3.17. The molecule has 0 aliphatic heterocycles. The van der Waals surface area contributed by atoms with Gasteiger partial charge >= 0.3 is 6.18 Å². The zero-order chi connectivity index (χ0) is 24.2. The molecule has 0 atom stereocenters. The molecule has 3 rings (SSSR count). The molecule has 0 bridgehead atoms.